The second kappa shape index (κ2) is 5.16. The van der Waals surface area contributed by atoms with Crippen LogP contribution in [0.4, 0.5) is 0 Å². The van der Waals surface area contributed by atoms with E-state index in [2.05, 4.69) is 27.4 Å². The number of allylic oxidation sites excluding steroid dienone is 1. The first kappa shape index (κ1) is 12.8. The van der Waals surface area contributed by atoms with Crippen molar-refractivity contribution < 1.29 is 0 Å². The van der Waals surface area contributed by atoms with Crippen LogP contribution >= 0.6 is 0 Å². The summed E-state index contributed by atoms with van der Waals surface area (Å²) in [5.41, 5.74) is 6.68. The van der Waals surface area contributed by atoms with Gasteiger partial charge >= 0.3 is 0 Å². The predicted octanol–water partition coefficient (Wildman–Crippen LogP) is 3.74. The van der Waals surface area contributed by atoms with Gasteiger partial charge in [-0.2, -0.15) is 0 Å². The Morgan fingerprint density at radius 2 is 2.07 bits per heavy atom. The van der Waals surface area contributed by atoms with Crippen molar-refractivity contribution in [2.24, 2.45) is 23.0 Å². The van der Waals surface area contributed by atoms with E-state index in [1.165, 1.54) is 25.7 Å². The molecule has 2 N–H and O–H groups in total. The Bertz CT molecular complexity index is 207. The Morgan fingerprint density at radius 1 is 1.40 bits per heavy atom. The molecule has 0 aliphatic heterocycles. The summed E-state index contributed by atoms with van der Waals surface area (Å²) in [6.07, 6.45) is 8.25. The lowest BCUT2D eigenvalue weighted by atomic mass is 9.65. The van der Waals surface area contributed by atoms with Gasteiger partial charge in [0.25, 0.3) is 0 Å². The van der Waals surface area contributed by atoms with Crippen LogP contribution in [0.25, 0.3) is 0 Å². The molecule has 1 heteroatoms. The Labute approximate surface area is 95.1 Å². The molecule has 1 aliphatic rings. The van der Waals surface area contributed by atoms with Crippen molar-refractivity contribution in [2.75, 3.05) is 0 Å². The van der Waals surface area contributed by atoms with Gasteiger partial charge in [-0.3, -0.25) is 0 Å². The monoisotopic (exact) mass is 209 g/mol. The average Bonchev–Trinajstić information content (AvgIpc) is 2.14. The fourth-order valence-electron chi connectivity index (χ4n) is 3.05. The zero-order valence-electron chi connectivity index (χ0n) is 10.6. The van der Waals surface area contributed by atoms with Crippen LogP contribution < -0.4 is 5.73 Å². The van der Waals surface area contributed by atoms with E-state index in [0.717, 1.165) is 12.3 Å². The average molecular weight is 209 g/mol. The summed E-state index contributed by atoms with van der Waals surface area (Å²) in [4.78, 5) is 0. The summed E-state index contributed by atoms with van der Waals surface area (Å²) >= 11 is 0. The summed E-state index contributed by atoms with van der Waals surface area (Å²) in [7, 11) is 0. The minimum Gasteiger partial charge on any atom is -0.327 e. The predicted molar refractivity (Wildman–Crippen MR) is 67.7 cm³/mol. The van der Waals surface area contributed by atoms with E-state index < -0.39 is 0 Å². The molecule has 15 heavy (non-hydrogen) atoms. The molecule has 0 heterocycles. The zero-order chi connectivity index (χ0) is 11.5. The van der Waals surface area contributed by atoms with Gasteiger partial charge in [0.1, 0.15) is 0 Å². The Kier molecular flexibility index (Phi) is 4.39. The highest BCUT2D eigenvalue weighted by Gasteiger charge is 2.36. The van der Waals surface area contributed by atoms with Crippen LogP contribution in [-0.4, -0.2) is 6.04 Å². The molecule has 1 nitrogen and oxygen atoms in total. The van der Waals surface area contributed by atoms with Crippen molar-refractivity contribution in [3.05, 3.63) is 12.7 Å². The van der Waals surface area contributed by atoms with Crippen molar-refractivity contribution in [3.8, 4) is 0 Å². The molecule has 1 aliphatic carbocycles. The molecule has 0 spiro atoms. The lowest BCUT2D eigenvalue weighted by Crippen LogP contribution is -2.43. The van der Waals surface area contributed by atoms with Gasteiger partial charge in [0, 0.05) is 6.04 Å². The highest BCUT2D eigenvalue weighted by Crippen LogP contribution is 2.42. The number of hydrogen-bond acceptors (Lipinski definition) is 1. The van der Waals surface area contributed by atoms with Crippen molar-refractivity contribution in [2.45, 2.75) is 58.9 Å². The maximum Gasteiger partial charge on any atom is 0.00747 e. The van der Waals surface area contributed by atoms with Gasteiger partial charge < -0.3 is 5.73 Å². The van der Waals surface area contributed by atoms with E-state index in [1.54, 1.807) is 0 Å². The summed E-state index contributed by atoms with van der Waals surface area (Å²) in [6.45, 7) is 10.9. The van der Waals surface area contributed by atoms with E-state index in [9.17, 15) is 0 Å². The van der Waals surface area contributed by atoms with Crippen LogP contribution in [-0.2, 0) is 0 Å². The molecule has 88 valence electrons. The minimum atomic E-state index is 0.383. The van der Waals surface area contributed by atoms with Gasteiger partial charge in [0.15, 0.2) is 0 Å². The zero-order valence-corrected chi connectivity index (χ0v) is 10.6. The first-order valence-electron chi connectivity index (χ1n) is 6.34. The third kappa shape index (κ3) is 3.34. The Hall–Kier alpha value is -0.300. The summed E-state index contributed by atoms with van der Waals surface area (Å²) < 4.78 is 0. The minimum absolute atomic E-state index is 0.383. The summed E-state index contributed by atoms with van der Waals surface area (Å²) in [5.74, 6) is 1.53. The van der Waals surface area contributed by atoms with Gasteiger partial charge in [-0.1, -0.05) is 33.3 Å². The lowest BCUT2D eigenvalue weighted by Gasteiger charge is -2.42. The molecule has 1 rings (SSSR count). The van der Waals surface area contributed by atoms with Gasteiger partial charge in [0.05, 0.1) is 0 Å². The third-order valence-electron chi connectivity index (χ3n) is 4.16. The molecule has 1 fully saturated rings. The highest BCUT2D eigenvalue weighted by molar-refractivity contribution is 4.91. The van der Waals surface area contributed by atoms with E-state index in [-0.39, 0.29) is 0 Å². The van der Waals surface area contributed by atoms with Gasteiger partial charge in [-0.05, 0) is 42.9 Å². The summed E-state index contributed by atoms with van der Waals surface area (Å²) in [5, 5.41) is 0. The maximum absolute atomic E-state index is 6.30. The lowest BCUT2D eigenvalue weighted by molar-refractivity contribution is 0.106. The Balaban J connectivity index is 2.57. The molecular weight excluding hydrogens is 182 g/mol. The Morgan fingerprint density at radius 3 is 2.60 bits per heavy atom. The fraction of sp³-hybridized carbons (Fsp3) is 0.857. The second-order valence-corrected chi connectivity index (χ2v) is 6.00. The fourth-order valence-corrected chi connectivity index (χ4v) is 3.05. The second-order valence-electron chi connectivity index (χ2n) is 6.00. The first-order valence-corrected chi connectivity index (χ1v) is 6.34. The van der Waals surface area contributed by atoms with Gasteiger partial charge in [-0.25, -0.2) is 0 Å². The topological polar surface area (TPSA) is 26.0 Å². The van der Waals surface area contributed by atoms with Crippen LogP contribution in [0.2, 0.25) is 0 Å². The van der Waals surface area contributed by atoms with Crippen molar-refractivity contribution in [3.63, 3.8) is 0 Å². The van der Waals surface area contributed by atoms with E-state index >= 15 is 0 Å². The summed E-state index contributed by atoms with van der Waals surface area (Å²) in [6, 6.07) is 0.411. The van der Waals surface area contributed by atoms with Gasteiger partial charge in [0.2, 0.25) is 0 Å². The van der Waals surface area contributed by atoms with Crippen LogP contribution in [0.3, 0.4) is 0 Å². The number of nitrogens with two attached hydrogens (primary N) is 1. The van der Waals surface area contributed by atoms with Crippen molar-refractivity contribution in [1.82, 2.24) is 0 Å². The normalized spacial score (nSPS) is 32.7. The third-order valence-corrected chi connectivity index (χ3v) is 4.16. The molecule has 1 saturated carbocycles. The smallest absolute Gasteiger partial charge is 0.00747 e. The maximum atomic E-state index is 6.30. The molecule has 3 unspecified atom stereocenters. The molecule has 0 amide bonds. The molecule has 0 aromatic heterocycles. The van der Waals surface area contributed by atoms with Crippen LogP contribution in [0.1, 0.15) is 52.9 Å². The van der Waals surface area contributed by atoms with Crippen LogP contribution in [0.15, 0.2) is 12.7 Å². The van der Waals surface area contributed by atoms with Crippen molar-refractivity contribution >= 4 is 0 Å². The van der Waals surface area contributed by atoms with Crippen LogP contribution in [0, 0.1) is 17.3 Å². The largest absolute Gasteiger partial charge is 0.327 e. The molecule has 0 aromatic carbocycles. The number of hydrogen-bond donors (Lipinski definition) is 1. The van der Waals surface area contributed by atoms with Crippen LogP contribution in [0.5, 0.6) is 0 Å². The molecule has 0 aromatic rings. The molecule has 0 bridgehead atoms. The quantitative estimate of drug-likeness (QED) is 0.701. The van der Waals surface area contributed by atoms with E-state index in [0.29, 0.717) is 17.4 Å². The van der Waals surface area contributed by atoms with E-state index in [4.69, 9.17) is 5.73 Å². The molecular formula is C14H27N. The standard InChI is InChI=1S/C14H27N/c1-5-6-9-14(3,4)12-8-7-11(2)10-13(12)15/h5,11-13H,1,6-10,15H2,2-4H3. The molecule has 3 atom stereocenters. The molecule has 0 saturated heterocycles. The first-order chi connectivity index (χ1) is 6.97. The number of rotatable bonds is 4. The highest BCUT2D eigenvalue weighted by atomic mass is 14.7. The van der Waals surface area contributed by atoms with Gasteiger partial charge in [-0.15, -0.1) is 6.58 Å². The van der Waals surface area contributed by atoms with E-state index in [1.807, 2.05) is 6.08 Å². The molecule has 0 radical (unpaired) electrons. The SMILES string of the molecule is C=CCCC(C)(C)C1CCC(C)CC1N. The van der Waals surface area contributed by atoms with Crippen molar-refractivity contribution in [1.29, 1.82) is 0 Å².